The Morgan fingerprint density at radius 3 is 2.50 bits per heavy atom. The number of Topliss-reactive ketones (excluding diaryl/α,β-unsaturated/α-hetero) is 1. The maximum Gasteiger partial charge on any atom is 0.410 e. The summed E-state index contributed by atoms with van der Waals surface area (Å²) in [4.78, 5) is 26.8. The number of carbonyl (C=O) groups excluding carboxylic acids is 2. The van der Waals surface area contributed by atoms with Crippen molar-refractivity contribution < 1.29 is 24.2 Å². The van der Waals surface area contributed by atoms with Crippen molar-refractivity contribution in [1.82, 2.24) is 4.90 Å². The average molecular weight is 379 g/mol. The number of ether oxygens (including phenoxy) is 2. The van der Waals surface area contributed by atoms with Gasteiger partial charge in [-0.15, -0.1) is 0 Å². The number of nitrogens with zero attached hydrogens (tertiary/aromatic N) is 1. The van der Waals surface area contributed by atoms with Gasteiger partial charge >= 0.3 is 6.09 Å². The first kappa shape index (κ1) is 18.1. The lowest BCUT2D eigenvalue weighted by Crippen LogP contribution is -2.53. The monoisotopic (exact) mass is 379 g/mol. The van der Waals surface area contributed by atoms with Gasteiger partial charge in [-0.25, -0.2) is 4.79 Å². The van der Waals surface area contributed by atoms with Gasteiger partial charge in [-0.1, -0.05) is 42.5 Å². The largest absolute Gasteiger partial charge is 0.515 e. The number of aliphatic hydroxyl groups is 1. The van der Waals surface area contributed by atoms with Crippen LogP contribution in [-0.2, 0) is 11.3 Å². The standard InChI is InChI=1S/C22H21NO5/c24-14-18-20(25)17-8-4-5-9-19(17)28-22(18)10-12-23(13-11-22)21(26)27-15-16-6-2-1-3-7-16/h1-9,14,24H,10-13,15H2/b18-14-. The average Bonchev–Trinajstić information content (AvgIpc) is 2.74. The number of fused-ring (bicyclic) bond motifs is 1. The van der Waals surface area contributed by atoms with Crippen molar-refractivity contribution in [3.8, 4) is 5.75 Å². The van der Waals surface area contributed by atoms with Crippen LogP contribution in [0, 0.1) is 0 Å². The Kier molecular flexibility index (Phi) is 4.77. The van der Waals surface area contributed by atoms with Crippen LogP contribution in [0.3, 0.4) is 0 Å². The molecule has 0 bridgehead atoms. The fraction of sp³-hybridized carbons (Fsp3) is 0.273. The summed E-state index contributed by atoms with van der Waals surface area (Å²) in [5.74, 6) is 0.280. The van der Waals surface area contributed by atoms with Crippen LogP contribution in [0.5, 0.6) is 5.75 Å². The summed E-state index contributed by atoms with van der Waals surface area (Å²) >= 11 is 0. The fourth-order valence-electron chi connectivity index (χ4n) is 3.77. The number of hydrogen-bond acceptors (Lipinski definition) is 5. The normalized spacial score (nSPS) is 19.2. The molecule has 1 N–H and O–H groups in total. The van der Waals surface area contributed by atoms with E-state index in [0.717, 1.165) is 11.8 Å². The maximum atomic E-state index is 12.8. The van der Waals surface area contributed by atoms with E-state index in [2.05, 4.69) is 0 Å². The lowest BCUT2D eigenvalue weighted by molar-refractivity contribution is 0.0160. The molecular formula is C22H21NO5. The summed E-state index contributed by atoms with van der Waals surface area (Å²) in [6.45, 7) is 0.965. The van der Waals surface area contributed by atoms with Crippen molar-refractivity contribution in [2.45, 2.75) is 25.0 Å². The van der Waals surface area contributed by atoms with E-state index >= 15 is 0 Å². The molecule has 0 aliphatic carbocycles. The van der Waals surface area contributed by atoms with Gasteiger partial charge < -0.3 is 19.5 Å². The van der Waals surface area contributed by atoms with Crippen molar-refractivity contribution in [3.05, 3.63) is 77.6 Å². The van der Waals surface area contributed by atoms with Crippen LogP contribution in [0.4, 0.5) is 4.79 Å². The molecule has 0 aromatic heterocycles. The van der Waals surface area contributed by atoms with Gasteiger partial charge in [0.15, 0.2) is 5.78 Å². The lowest BCUT2D eigenvalue weighted by atomic mass is 9.78. The quantitative estimate of drug-likeness (QED) is 0.633. The van der Waals surface area contributed by atoms with Gasteiger partial charge in [0.1, 0.15) is 18.0 Å². The molecule has 2 aliphatic heterocycles. The van der Waals surface area contributed by atoms with Crippen molar-refractivity contribution in [2.24, 2.45) is 0 Å². The second kappa shape index (κ2) is 7.38. The Labute approximate surface area is 163 Å². The first-order valence-corrected chi connectivity index (χ1v) is 9.26. The topological polar surface area (TPSA) is 76.1 Å². The first-order valence-electron chi connectivity index (χ1n) is 9.26. The molecule has 1 spiro atoms. The molecule has 6 nitrogen and oxygen atoms in total. The summed E-state index contributed by atoms with van der Waals surface area (Å²) < 4.78 is 11.6. The molecule has 0 atom stereocenters. The van der Waals surface area contributed by atoms with Gasteiger partial charge in [0, 0.05) is 25.9 Å². The minimum absolute atomic E-state index is 0.214. The molecule has 28 heavy (non-hydrogen) atoms. The van der Waals surface area contributed by atoms with Crippen molar-refractivity contribution in [2.75, 3.05) is 13.1 Å². The number of aliphatic hydroxyl groups excluding tert-OH is 1. The van der Waals surface area contributed by atoms with E-state index in [1.54, 1.807) is 23.1 Å². The van der Waals surface area contributed by atoms with Crippen LogP contribution in [0.2, 0.25) is 0 Å². The predicted molar refractivity (Wildman–Crippen MR) is 102 cm³/mol. The summed E-state index contributed by atoms with van der Waals surface area (Å²) in [5.41, 5.74) is 0.686. The molecule has 2 heterocycles. The number of likely N-dealkylation sites (tertiary alicyclic amines) is 1. The maximum absolute atomic E-state index is 12.8. The van der Waals surface area contributed by atoms with Gasteiger partial charge in [0.25, 0.3) is 0 Å². The summed E-state index contributed by atoms with van der Waals surface area (Å²) in [7, 11) is 0. The Hall–Kier alpha value is -3.28. The highest BCUT2D eigenvalue weighted by Crippen LogP contribution is 2.42. The fourth-order valence-corrected chi connectivity index (χ4v) is 3.77. The zero-order chi connectivity index (χ0) is 19.6. The zero-order valence-electron chi connectivity index (χ0n) is 15.3. The number of para-hydroxylation sites is 1. The molecule has 2 aromatic carbocycles. The molecule has 2 aromatic rings. The Morgan fingerprint density at radius 2 is 1.79 bits per heavy atom. The molecule has 4 rings (SSSR count). The minimum Gasteiger partial charge on any atom is -0.515 e. The van der Waals surface area contributed by atoms with E-state index in [1.807, 2.05) is 36.4 Å². The van der Waals surface area contributed by atoms with Gasteiger partial charge in [0.2, 0.25) is 0 Å². The van der Waals surface area contributed by atoms with E-state index in [4.69, 9.17) is 9.47 Å². The second-order valence-corrected chi connectivity index (χ2v) is 6.99. The number of rotatable bonds is 2. The number of piperidine rings is 1. The number of carbonyl (C=O) groups is 2. The number of amides is 1. The van der Waals surface area contributed by atoms with E-state index in [-0.39, 0.29) is 18.0 Å². The molecule has 2 aliphatic rings. The zero-order valence-corrected chi connectivity index (χ0v) is 15.3. The molecule has 0 radical (unpaired) electrons. The van der Waals surface area contributed by atoms with Crippen LogP contribution >= 0.6 is 0 Å². The smallest absolute Gasteiger partial charge is 0.410 e. The number of benzene rings is 2. The number of ketones is 1. The Bertz CT molecular complexity index is 914. The molecule has 0 saturated carbocycles. The predicted octanol–water partition coefficient (Wildman–Crippen LogP) is 3.88. The van der Waals surface area contributed by atoms with E-state index < -0.39 is 11.7 Å². The van der Waals surface area contributed by atoms with Crippen molar-refractivity contribution in [1.29, 1.82) is 0 Å². The van der Waals surface area contributed by atoms with Gasteiger partial charge in [-0.05, 0) is 17.7 Å². The Balaban J connectivity index is 1.44. The van der Waals surface area contributed by atoms with Gasteiger partial charge in [-0.2, -0.15) is 0 Å². The summed E-state index contributed by atoms with van der Waals surface area (Å²) in [6.07, 6.45) is 1.26. The highest BCUT2D eigenvalue weighted by Gasteiger charge is 2.48. The van der Waals surface area contributed by atoms with Crippen LogP contribution in [0.15, 0.2) is 66.4 Å². The Morgan fingerprint density at radius 1 is 1.11 bits per heavy atom. The molecule has 144 valence electrons. The summed E-state index contributed by atoms with van der Waals surface area (Å²) in [6, 6.07) is 16.5. The van der Waals surface area contributed by atoms with Crippen LogP contribution in [-0.4, -0.2) is 40.6 Å². The minimum atomic E-state index is -0.920. The third-order valence-electron chi connectivity index (χ3n) is 5.34. The third-order valence-corrected chi connectivity index (χ3v) is 5.34. The van der Waals surface area contributed by atoms with Crippen LogP contribution in [0.1, 0.15) is 28.8 Å². The van der Waals surface area contributed by atoms with E-state index in [9.17, 15) is 14.7 Å². The van der Waals surface area contributed by atoms with Gasteiger partial charge in [-0.3, -0.25) is 4.79 Å². The molecule has 0 unspecified atom stereocenters. The first-order chi connectivity index (χ1) is 13.6. The van der Waals surface area contributed by atoms with Crippen molar-refractivity contribution in [3.63, 3.8) is 0 Å². The number of hydrogen-bond donors (Lipinski definition) is 1. The van der Waals surface area contributed by atoms with Crippen LogP contribution in [0.25, 0.3) is 0 Å². The molecule has 6 heteroatoms. The van der Waals surface area contributed by atoms with E-state index in [0.29, 0.717) is 37.2 Å². The highest BCUT2D eigenvalue weighted by molar-refractivity contribution is 6.12. The van der Waals surface area contributed by atoms with Crippen LogP contribution < -0.4 is 4.74 Å². The molecule has 1 amide bonds. The highest BCUT2D eigenvalue weighted by atomic mass is 16.6. The van der Waals surface area contributed by atoms with Crippen molar-refractivity contribution >= 4 is 11.9 Å². The molecule has 1 fully saturated rings. The van der Waals surface area contributed by atoms with E-state index in [1.165, 1.54) is 0 Å². The third kappa shape index (κ3) is 3.22. The lowest BCUT2D eigenvalue weighted by Gasteiger charge is -2.44. The molecule has 1 saturated heterocycles. The molecular weight excluding hydrogens is 358 g/mol. The SMILES string of the molecule is O=C1/C(=C/O)C2(CCN(C(=O)OCc3ccccc3)CC2)Oc2ccccc21. The second-order valence-electron chi connectivity index (χ2n) is 6.99. The van der Waals surface area contributed by atoms with Gasteiger partial charge in [0.05, 0.1) is 17.4 Å². The summed E-state index contributed by atoms with van der Waals surface area (Å²) in [5, 5.41) is 9.72.